The van der Waals surface area contributed by atoms with Gasteiger partial charge < -0.3 is 5.32 Å². The Morgan fingerprint density at radius 1 is 1.91 bits per heavy atom. The summed E-state index contributed by atoms with van der Waals surface area (Å²) in [4.78, 5) is 14.9. The number of rotatable bonds is 1. The molecular weight excluding hydrogens is 164 g/mol. The zero-order chi connectivity index (χ0) is 10.8. The molecule has 0 unspecified atom stereocenters. The Bertz CT molecular complexity index is 353. The van der Waals surface area contributed by atoms with Gasteiger partial charge in [0.05, 0.1) is 0 Å². The van der Waals surface area contributed by atoms with E-state index in [-0.39, 0.29) is 5.69 Å². The van der Waals surface area contributed by atoms with E-state index >= 15 is 0 Å². The largest absolute Gasteiger partial charge is 0.354 e. The third-order valence-electron chi connectivity index (χ3n) is 1.07. The van der Waals surface area contributed by atoms with Crippen molar-refractivity contribution >= 4 is 17.5 Å². The van der Waals surface area contributed by atoms with Crippen LogP contribution in [-0.2, 0) is 0 Å². The van der Waals surface area contributed by atoms with E-state index in [1.54, 1.807) is 5.32 Å². The summed E-state index contributed by atoms with van der Waals surface area (Å²) < 4.78 is 20.4. The highest BCUT2D eigenvalue weighted by molar-refractivity contribution is 6.30. The molecule has 1 N–H and O–H groups in total. The summed E-state index contributed by atoms with van der Waals surface area (Å²) in [7, 11) is 0. The van der Waals surface area contributed by atoms with Gasteiger partial charge in [-0.15, -0.1) is 0 Å². The molecule has 1 aromatic rings. The molecule has 11 heavy (non-hydrogen) atoms. The molecule has 0 aliphatic heterocycles. The van der Waals surface area contributed by atoms with E-state index in [9.17, 15) is 4.79 Å². The number of nitrogens with one attached hydrogen (secondary N) is 1. The van der Waals surface area contributed by atoms with Gasteiger partial charge in [-0.2, -0.15) is 0 Å². The minimum absolute atomic E-state index is 0.0198. The molecule has 0 bridgehead atoms. The molecule has 0 atom stereocenters. The molecule has 0 saturated carbocycles. The standard InChI is InChI=1S/C7H7ClN2O/c1-9-7(11)6-4-5(8)2-3-10-6/h2-4H,1H3,(H,9,11)/i1D3. The van der Waals surface area contributed by atoms with Gasteiger partial charge in [0.15, 0.2) is 0 Å². The quantitative estimate of drug-likeness (QED) is 0.691. The van der Waals surface area contributed by atoms with Gasteiger partial charge in [-0.3, -0.25) is 9.78 Å². The Morgan fingerprint density at radius 2 is 2.73 bits per heavy atom. The van der Waals surface area contributed by atoms with Crippen LogP contribution in [0.1, 0.15) is 14.6 Å². The maximum absolute atomic E-state index is 11.2. The lowest BCUT2D eigenvalue weighted by atomic mass is 10.3. The number of halogens is 1. The fourth-order valence-corrected chi connectivity index (χ4v) is 0.753. The Labute approximate surface area is 73.6 Å². The zero-order valence-electron chi connectivity index (χ0n) is 8.47. The van der Waals surface area contributed by atoms with Crippen LogP contribution in [0.2, 0.25) is 5.02 Å². The second kappa shape index (κ2) is 3.34. The molecule has 1 rings (SSSR count). The second-order valence-electron chi connectivity index (χ2n) is 1.81. The van der Waals surface area contributed by atoms with Gasteiger partial charge in [0.2, 0.25) is 0 Å². The molecule has 0 aliphatic carbocycles. The summed E-state index contributed by atoms with van der Waals surface area (Å²) in [6, 6.07) is 2.79. The normalized spacial score (nSPS) is 14.5. The first-order valence-electron chi connectivity index (χ1n) is 4.32. The van der Waals surface area contributed by atoms with E-state index in [1.165, 1.54) is 18.3 Å². The van der Waals surface area contributed by atoms with E-state index in [1.807, 2.05) is 0 Å². The summed E-state index contributed by atoms with van der Waals surface area (Å²) in [5.74, 6) is -0.771. The molecule has 1 amide bonds. The van der Waals surface area contributed by atoms with Crippen LogP contribution in [0, 0.1) is 0 Å². The smallest absolute Gasteiger partial charge is 0.269 e. The molecule has 58 valence electrons. The monoisotopic (exact) mass is 173 g/mol. The molecule has 0 radical (unpaired) electrons. The molecule has 0 aromatic carbocycles. The van der Waals surface area contributed by atoms with E-state index < -0.39 is 12.9 Å². The van der Waals surface area contributed by atoms with Gasteiger partial charge in [0.1, 0.15) is 5.69 Å². The summed E-state index contributed by atoms with van der Waals surface area (Å²) >= 11 is 5.60. The van der Waals surface area contributed by atoms with Gasteiger partial charge in [0.25, 0.3) is 5.91 Å². The summed E-state index contributed by atoms with van der Waals surface area (Å²) in [6.45, 7) is -2.51. The van der Waals surface area contributed by atoms with E-state index in [4.69, 9.17) is 15.7 Å². The molecule has 0 fully saturated rings. The Kier molecular flexibility index (Phi) is 1.44. The van der Waals surface area contributed by atoms with Crippen LogP contribution in [0.3, 0.4) is 0 Å². The third kappa shape index (κ3) is 1.91. The number of pyridine rings is 1. The van der Waals surface area contributed by atoms with Crippen molar-refractivity contribution in [3.05, 3.63) is 29.0 Å². The van der Waals surface area contributed by atoms with Crippen molar-refractivity contribution in [2.45, 2.75) is 0 Å². The Hall–Kier alpha value is -1.09. The van der Waals surface area contributed by atoms with Gasteiger partial charge in [-0.05, 0) is 12.1 Å². The SMILES string of the molecule is [2H]C([2H])([2H])NC(=O)c1cc(Cl)ccn1. The minimum atomic E-state index is -2.51. The number of hydrogen-bond acceptors (Lipinski definition) is 2. The number of amides is 1. The predicted molar refractivity (Wildman–Crippen MR) is 42.6 cm³/mol. The van der Waals surface area contributed by atoms with Crippen LogP contribution in [-0.4, -0.2) is 17.9 Å². The van der Waals surface area contributed by atoms with Crippen LogP contribution < -0.4 is 5.32 Å². The van der Waals surface area contributed by atoms with Gasteiger partial charge in [-0.1, -0.05) is 11.6 Å². The highest BCUT2D eigenvalue weighted by Crippen LogP contribution is 2.07. The number of carbonyl (C=O) groups is 1. The van der Waals surface area contributed by atoms with Crippen LogP contribution in [0.4, 0.5) is 0 Å². The number of carbonyl (C=O) groups excluding carboxylic acids is 1. The summed E-state index contributed by atoms with van der Waals surface area (Å²) in [6.07, 6.45) is 1.33. The van der Waals surface area contributed by atoms with Gasteiger partial charge in [0, 0.05) is 22.3 Å². The highest BCUT2D eigenvalue weighted by atomic mass is 35.5. The lowest BCUT2D eigenvalue weighted by Gasteiger charge is -1.97. The minimum Gasteiger partial charge on any atom is -0.354 e. The lowest BCUT2D eigenvalue weighted by Crippen LogP contribution is -2.18. The predicted octanol–water partition coefficient (Wildman–Crippen LogP) is 1.09. The van der Waals surface area contributed by atoms with E-state index in [0.29, 0.717) is 5.02 Å². The molecule has 0 spiro atoms. The second-order valence-corrected chi connectivity index (χ2v) is 2.25. The van der Waals surface area contributed by atoms with E-state index in [2.05, 4.69) is 4.98 Å². The average molecular weight is 174 g/mol. The first kappa shape index (κ1) is 4.72. The maximum atomic E-state index is 11.2. The fraction of sp³-hybridized carbons (Fsp3) is 0.143. The number of aromatic nitrogens is 1. The van der Waals surface area contributed by atoms with Crippen LogP contribution >= 0.6 is 11.6 Å². The average Bonchev–Trinajstić information content (AvgIpc) is 2.01. The Balaban J connectivity index is 2.80. The van der Waals surface area contributed by atoms with Crippen LogP contribution in [0.5, 0.6) is 0 Å². The van der Waals surface area contributed by atoms with Crippen molar-refractivity contribution in [2.75, 3.05) is 6.98 Å². The fourth-order valence-electron chi connectivity index (χ4n) is 0.593. The van der Waals surface area contributed by atoms with Crippen LogP contribution in [0.25, 0.3) is 0 Å². The van der Waals surface area contributed by atoms with E-state index in [0.717, 1.165) is 0 Å². The van der Waals surface area contributed by atoms with Crippen molar-refractivity contribution in [1.29, 1.82) is 0 Å². The topological polar surface area (TPSA) is 42.0 Å². The molecule has 3 nitrogen and oxygen atoms in total. The van der Waals surface area contributed by atoms with Gasteiger partial charge >= 0.3 is 0 Å². The molecule has 1 heterocycles. The first-order valence-corrected chi connectivity index (χ1v) is 3.20. The van der Waals surface area contributed by atoms with Crippen molar-refractivity contribution in [3.8, 4) is 0 Å². The van der Waals surface area contributed by atoms with Crippen molar-refractivity contribution in [3.63, 3.8) is 0 Å². The first-order chi connectivity index (χ1) is 6.38. The van der Waals surface area contributed by atoms with Gasteiger partial charge in [-0.25, -0.2) is 0 Å². The maximum Gasteiger partial charge on any atom is 0.269 e. The molecule has 0 saturated heterocycles. The molecule has 4 heteroatoms. The summed E-state index contributed by atoms with van der Waals surface area (Å²) in [5, 5.41) is 2.13. The summed E-state index contributed by atoms with van der Waals surface area (Å²) in [5.41, 5.74) is -0.0198. The molecular formula is C7H7ClN2O. The van der Waals surface area contributed by atoms with Crippen molar-refractivity contribution in [1.82, 2.24) is 10.3 Å². The molecule has 0 aliphatic rings. The number of nitrogens with zero attached hydrogens (tertiary/aromatic N) is 1. The zero-order valence-corrected chi connectivity index (χ0v) is 6.22. The number of hydrogen-bond donors (Lipinski definition) is 1. The van der Waals surface area contributed by atoms with Crippen molar-refractivity contribution in [2.24, 2.45) is 0 Å². The van der Waals surface area contributed by atoms with Crippen LogP contribution in [0.15, 0.2) is 18.3 Å². The molecule has 1 aromatic heterocycles. The lowest BCUT2D eigenvalue weighted by molar-refractivity contribution is 0.0958. The Morgan fingerprint density at radius 3 is 3.36 bits per heavy atom. The third-order valence-corrected chi connectivity index (χ3v) is 1.30. The van der Waals surface area contributed by atoms with Crippen molar-refractivity contribution < 1.29 is 8.91 Å². The highest BCUT2D eigenvalue weighted by Gasteiger charge is 2.03.